The second-order valence-electron chi connectivity index (χ2n) is 5.93. The van der Waals surface area contributed by atoms with Crippen molar-refractivity contribution in [1.82, 2.24) is 5.32 Å². The second kappa shape index (κ2) is 5.27. The van der Waals surface area contributed by atoms with Crippen molar-refractivity contribution in [3.05, 3.63) is 29.8 Å². The van der Waals surface area contributed by atoms with Gasteiger partial charge in [0.2, 0.25) is 5.91 Å². The summed E-state index contributed by atoms with van der Waals surface area (Å²) in [4.78, 5) is 23.7. The molecule has 3 atom stereocenters. The normalized spacial score (nSPS) is 27.4. The van der Waals surface area contributed by atoms with Crippen LogP contribution in [-0.2, 0) is 4.79 Å². The Hall–Kier alpha value is -1.84. The smallest absolute Gasteiger partial charge is 0.251 e. The van der Waals surface area contributed by atoms with Gasteiger partial charge in [-0.3, -0.25) is 9.59 Å². The maximum Gasteiger partial charge on any atom is 0.251 e. The van der Waals surface area contributed by atoms with Crippen LogP contribution < -0.4 is 10.6 Å². The van der Waals surface area contributed by atoms with Gasteiger partial charge in [-0.1, -0.05) is 6.42 Å². The first-order chi connectivity index (χ1) is 9.67. The van der Waals surface area contributed by atoms with E-state index in [0.29, 0.717) is 11.5 Å². The summed E-state index contributed by atoms with van der Waals surface area (Å²) < 4.78 is 0. The minimum atomic E-state index is -0.115. The number of benzene rings is 1. The van der Waals surface area contributed by atoms with Crippen molar-refractivity contribution in [2.24, 2.45) is 17.8 Å². The van der Waals surface area contributed by atoms with Crippen molar-refractivity contribution in [3.8, 4) is 0 Å². The predicted octanol–water partition coefficient (Wildman–Crippen LogP) is 2.42. The fraction of sp³-hybridized carbons (Fsp3) is 0.500. The molecule has 2 saturated carbocycles. The molecule has 106 valence electrons. The molecule has 0 saturated heterocycles. The summed E-state index contributed by atoms with van der Waals surface area (Å²) in [5, 5.41) is 5.56. The highest BCUT2D eigenvalue weighted by atomic mass is 16.2. The third-order valence-electron chi connectivity index (χ3n) is 4.72. The van der Waals surface area contributed by atoms with Gasteiger partial charge in [0.05, 0.1) is 0 Å². The summed E-state index contributed by atoms with van der Waals surface area (Å²) >= 11 is 0. The molecule has 0 aromatic heterocycles. The maximum atomic E-state index is 12.3. The third kappa shape index (κ3) is 2.42. The Kier molecular flexibility index (Phi) is 3.47. The quantitative estimate of drug-likeness (QED) is 0.887. The van der Waals surface area contributed by atoms with E-state index in [1.54, 1.807) is 31.3 Å². The lowest BCUT2D eigenvalue weighted by Crippen LogP contribution is -2.27. The summed E-state index contributed by atoms with van der Waals surface area (Å²) in [6.07, 6.45) is 4.79. The van der Waals surface area contributed by atoms with Gasteiger partial charge in [0, 0.05) is 24.2 Å². The Balaban J connectivity index is 1.63. The molecular formula is C16H20N2O2. The first-order valence-corrected chi connectivity index (χ1v) is 7.30. The highest BCUT2D eigenvalue weighted by Crippen LogP contribution is 2.48. The van der Waals surface area contributed by atoms with Crippen molar-refractivity contribution in [2.75, 3.05) is 12.4 Å². The molecule has 2 N–H and O–H groups in total. The molecule has 2 amide bonds. The number of hydrogen-bond acceptors (Lipinski definition) is 2. The molecule has 2 aliphatic carbocycles. The summed E-state index contributed by atoms with van der Waals surface area (Å²) in [5.74, 6) is 1.57. The van der Waals surface area contributed by atoms with Crippen LogP contribution in [-0.4, -0.2) is 18.9 Å². The van der Waals surface area contributed by atoms with E-state index in [4.69, 9.17) is 0 Å². The van der Waals surface area contributed by atoms with Gasteiger partial charge >= 0.3 is 0 Å². The average molecular weight is 272 g/mol. The Morgan fingerprint density at radius 3 is 2.40 bits per heavy atom. The zero-order valence-corrected chi connectivity index (χ0v) is 11.7. The summed E-state index contributed by atoms with van der Waals surface area (Å²) in [6, 6.07) is 7.04. The maximum absolute atomic E-state index is 12.3. The number of rotatable bonds is 3. The molecule has 0 aliphatic heterocycles. The number of hydrogen-bond donors (Lipinski definition) is 2. The topological polar surface area (TPSA) is 58.2 Å². The average Bonchev–Trinajstić information content (AvgIpc) is 3.10. The molecule has 0 radical (unpaired) electrons. The third-order valence-corrected chi connectivity index (χ3v) is 4.72. The molecule has 4 nitrogen and oxygen atoms in total. The Labute approximate surface area is 118 Å². The van der Waals surface area contributed by atoms with Crippen LogP contribution in [0.15, 0.2) is 24.3 Å². The van der Waals surface area contributed by atoms with Crippen LogP contribution in [0.1, 0.15) is 36.0 Å². The summed E-state index contributed by atoms with van der Waals surface area (Å²) in [6.45, 7) is 0. The van der Waals surface area contributed by atoms with Crippen LogP contribution >= 0.6 is 0 Å². The van der Waals surface area contributed by atoms with Gasteiger partial charge in [0.15, 0.2) is 0 Å². The summed E-state index contributed by atoms with van der Waals surface area (Å²) in [7, 11) is 1.60. The molecular weight excluding hydrogens is 252 g/mol. The van der Waals surface area contributed by atoms with Gasteiger partial charge in [-0.15, -0.1) is 0 Å². The van der Waals surface area contributed by atoms with Crippen LogP contribution in [0.5, 0.6) is 0 Å². The van der Waals surface area contributed by atoms with Crippen molar-refractivity contribution < 1.29 is 9.59 Å². The van der Waals surface area contributed by atoms with Crippen LogP contribution in [0.2, 0.25) is 0 Å². The summed E-state index contributed by atoms with van der Waals surface area (Å²) in [5.41, 5.74) is 1.37. The van der Waals surface area contributed by atoms with Gasteiger partial charge in [-0.2, -0.15) is 0 Å². The number of carbonyl (C=O) groups excluding carboxylic acids is 2. The van der Waals surface area contributed by atoms with Crippen LogP contribution in [0, 0.1) is 17.8 Å². The molecule has 4 heteroatoms. The van der Waals surface area contributed by atoms with E-state index in [-0.39, 0.29) is 17.7 Å². The number of carbonyl (C=O) groups is 2. The SMILES string of the molecule is CNC(=O)c1ccc(NC(=O)C2CC3CCC2C3)cc1. The van der Waals surface area contributed by atoms with E-state index >= 15 is 0 Å². The Morgan fingerprint density at radius 1 is 1.10 bits per heavy atom. The van der Waals surface area contributed by atoms with Crippen LogP contribution in [0.4, 0.5) is 5.69 Å². The monoisotopic (exact) mass is 272 g/mol. The van der Waals surface area contributed by atoms with Gasteiger partial charge in [-0.05, 0) is 55.4 Å². The lowest BCUT2D eigenvalue weighted by molar-refractivity contribution is -0.121. The van der Waals surface area contributed by atoms with E-state index < -0.39 is 0 Å². The minimum absolute atomic E-state index is 0.115. The number of amides is 2. The molecule has 0 heterocycles. The Morgan fingerprint density at radius 2 is 1.85 bits per heavy atom. The molecule has 1 aromatic carbocycles. The standard InChI is InChI=1S/C16H20N2O2/c1-17-15(19)11-4-6-13(7-5-11)18-16(20)14-9-10-2-3-12(14)8-10/h4-7,10,12,14H,2-3,8-9H2,1H3,(H,17,19)(H,18,20). The highest BCUT2D eigenvalue weighted by molar-refractivity contribution is 5.96. The molecule has 20 heavy (non-hydrogen) atoms. The zero-order chi connectivity index (χ0) is 14.1. The van der Waals surface area contributed by atoms with E-state index in [9.17, 15) is 9.59 Å². The predicted molar refractivity (Wildman–Crippen MR) is 77.4 cm³/mol. The van der Waals surface area contributed by atoms with Crippen molar-refractivity contribution >= 4 is 17.5 Å². The number of fused-ring (bicyclic) bond motifs is 2. The first kappa shape index (κ1) is 13.2. The second-order valence-corrected chi connectivity index (χ2v) is 5.93. The Bertz CT molecular complexity index is 524. The van der Waals surface area contributed by atoms with Gasteiger partial charge < -0.3 is 10.6 Å². The van der Waals surface area contributed by atoms with Gasteiger partial charge in [-0.25, -0.2) is 0 Å². The highest BCUT2D eigenvalue weighted by Gasteiger charge is 2.42. The first-order valence-electron chi connectivity index (χ1n) is 7.30. The fourth-order valence-electron chi connectivity index (χ4n) is 3.65. The zero-order valence-electron chi connectivity index (χ0n) is 11.7. The largest absolute Gasteiger partial charge is 0.355 e. The van der Waals surface area contributed by atoms with E-state index in [1.165, 1.54) is 19.3 Å². The van der Waals surface area contributed by atoms with E-state index in [0.717, 1.165) is 18.0 Å². The van der Waals surface area contributed by atoms with Gasteiger partial charge in [0.25, 0.3) is 5.91 Å². The lowest BCUT2D eigenvalue weighted by Gasteiger charge is -2.20. The minimum Gasteiger partial charge on any atom is -0.355 e. The molecule has 3 rings (SSSR count). The van der Waals surface area contributed by atoms with Crippen molar-refractivity contribution in [3.63, 3.8) is 0 Å². The van der Waals surface area contributed by atoms with Gasteiger partial charge in [0.1, 0.15) is 0 Å². The molecule has 2 bridgehead atoms. The lowest BCUT2D eigenvalue weighted by atomic mass is 9.88. The number of anilines is 1. The van der Waals surface area contributed by atoms with E-state index in [1.807, 2.05) is 0 Å². The molecule has 2 fully saturated rings. The van der Waals surface area contributed by atoms with Crippen molar-refractivity contribution in [2.45, 2.75) is 25.7 Å². The molecule has 0 spiro atoms. The fourth-order valence-corrected chi connectivity index (χ4v) is 3.65. The molecule has 3 unspecified atom stereocenters. The van der Waals surface area contributed by atoms with E-state index in [2.05, 4.69) is 10.6 Å². The molecule has 2 aliphatic rings. The van der Waals surface area contributed by atoms with Crippen LogP contribution in [0.25, 0.3) is 0 Å². The molecule has 1 aromatic rings. The van der Waals surface area contributed by atoms with Crippen molar-refractivity contribution in [1.29, 1.82) is 0 Å². The van der Waals surface area contributed by atoms with Crippen LogP contribution in [0.3, 0.4) is 0 Å². The number of nitrogens with one attached hydrogen (secondary N) is 2.